The molecule has 1 N–H and O–H groups in total. The highest BCUT2D eigenvalue weighted by molar-refractivity contribution is 6.00. The number of nitrogens with one attached hydrogen (secondary N) is 1. The number of methoxy groups -OCH3 is 1. The standard InChI is InChI=1S/C25H24N2O6/c1-16-21(24(28)32-3)23(19-13-7-8-14-20(19)27(30)31)22(17(2)26-16)25(29)33-15-9-12-18-10-5-4-6-11-18/h4-14,23,26H,15H2,1-3H3/b12-9+. The van der Waals surface area contributed by atoms with Crippen molar-refractivity contribution >= 4 is 23.7 Å². The Hall–Kier alpha value is -4.20. The van der Waals surface area contributed by atoms with Gasteiger partial charge >= 0.3 is 11.9 Å². The highest BCUT2D eigenvalue weighted by atomic mass is 16.6. The first-order valence-corrected chi connectivity index (χ1v) is 10.2. The molecule has 33 heavy (non-hydrogen) atoms. The van der Waals surface area contributed by atoms with Gasteiger partial charge in [0.15, 0.2) is 0 Å². The number of esters is 2. The van der Waals surface area contributed by atoms with Gasteiger partial charge in [-0.1, -0.05) is 54.6 Å². The molecule has 0 bridgehead atoms. The number of ether oxygens (including phenoxy) is 2. The molecule has 0 amide bonds. The highest BCUT2D eigenvalue weighted by Crippen LogP contribution is 2.42. The van der Waals surface area contributed by atoms with Gasteiger partial charge in [-0.2, -0.15) is 0 Å². The zero-order valence-corrected chi connectivity index (χ0v) is 18.5. The molecule has 2 aromatic carbocycles. The van der Waals surface area contributed by atoms with Gasteiger partial charge < -0.3 is 14.8 Å². The lowest BCUT2D eigenvalue weighted by atomic mass is 9.79. The van der Waals surface area contributed by atoms with Crippen molar-refractivity contribution < 1.29 is 24.0 Å². The summed E-state index contributed by atoms with van der Waals surface area (Å²) in [5.74, 6) is -2.40. The van der Waals surface area contributed by atoms with Crippen LogP contribution in [0.3, 0.4) is 0 Å². The first kappa shape index (κ1) is 23.5. The number of para-hydroxylation sites is 1. The predicted octanol–water partition coefficient (Wildman–Crippen LogP) is 4.26. The van der Waals surface area contributed by atoms with Gasteiger partial charge in [-0.25, -0.2) is 9.59 Å². The van der Waals surface area contributed by atoms with E-state index in [1.54, 1.807) is 26.0 Å². The second kappa shape index (κ2) is 10.4. The molecule has 1 heterocycles. The summed E-state index contributed by atoms with van der Waals surface area (Å²) in [5.41, 5.74) is 2.07. The summed E-state index contributed by atoms with van der Waals surface area (Å²) in [4.78, 5) is 37.0. The minimum absolute atomic E-state index is 0.00956. The topological polar surface area (TPSA) is 108 Å². The largest absolute Gasteiger partial charge is 0.466 e. The molecule has 170 valence electrons. The molecule has 0 saturated heterocycles. The molecule has 1 atom stereocenters. The summed E-state index contributed by atoms with van der Waals surface area (Å²) >= 11 is 0. The van der Waals surface area contributed by atoms with E-state index in [9.17, 15) is 19.7 Å². The Morgan fingerprint density at radius 1 is 1.00 bits per heavy atom. The second-order valence-corrected chi connectivity index (χ2v) is 7.35. The fourth-order valence-electron chi connectivity index (χ4n) is 3.80. The van der Waals surface area contributed by atoms with Crippen LogP contribution in [0, 0.1) is 10.1 Å². The third-order valence-electron chi connectivity index (χ3n) is 5.25. The third kappa shape index (κ3) is 5.17. The number of carbonyl (C=O) groups excluding carboxylic acids is 2. The van der Waals surface area contributed by atoms with Crippen molar-refractivity contribution in [1.82, 2.24) is 5.32 Å². The molecule has 1 unspecified atom stereocenters. The lowest BCUT2D eigenvalue weighted by Crippen LogP contribution is -2.32. The number of benzene rings is 2. The van der Waals surface area contributed by atoms with Gasteiger partial charge in [0, 0.05) is 23.0 Å². The van der Waals surface area contributed by atoms with Crippen LogP contribution in [0.4, 0.5) is 5.69 Å². The molecule has 0 saturated carbocycles. The van der Waals surface area contributed by atoms with Crippen molar-refractivity contribution in [3.63, 3.8) is 0 Å². The smallest absolute Gasteiger partial charge is 0.337 e. The number of hydrogen-bond acceptors (Lipinski definition) is 7. The zero-order valence-electron chi connectivity index (χ0n) is 18.5. The van der Waals surface area contributed by atoms with Crippen molar-refractivity contribution in [2.75, 3.05) is 13.7 Å². The Kier molecular flexibility index (Phi) is 7.40. The summed E-state index contributed by atoms with van der Waals surface area (Å²) in [5, 5.41) is 14.7. The van der Waals surface area contributed by atoms with Gasteiger partial charge in [-0.05, 0) is 25.5 Å². The second-order valence-electron chi connectivity index (χ2n) is 7.35. The van der Waals surface area contributed by atoms with E-state index in [1.165, 1.54) is 25.3 Å². The number of nitro groups is 1. The average Bonchev–Trinajstić information content (AvgIpc) is 2.81. The molecule has 8 heteroatoms. The molecule has 3 rings (SSSR count). The van der Waals surface area contributed by atoms with Gasteiger partial charge in [-0.3, -0.25) is 10.1 Å². The van der Waals surface area contributed by atoms with Crippen LogP contribution in [0.15, 0.2) is 83.2 Å². The van der Waals surface area contributed by atoms with Crippen molar-refractivity contribution in [3.8, 4) is 0 Å². The first-order chi connectivity index (χ1) is 15.8. The van der Waals surface area contributed by atoms with Crippen LogP contribution in [0.5, 0.6) is 0 Å². The Bertz CT molecular complexity index is 1160. The lowest BCUT2D eigenvalue weighted by molar-refractivity contribution is -0.385. The molecule has 0 aromatic heterocycles. The van der Waals surface area contributed by atoms with Crippen molar-refractivity contribution in [2.24, 2.45) is 0 Å². The van der Waals surface area contributed by atoms with Crippen molar-refractivity contribution in [3.05, 3.63) is 104 Å². The molecular formula is C25H24N2O6. The molecule has 1 aliphatic heterocycles. The molecular weight excluding hydrogens is 424 g/mol. The maximum absolute atomic E-state index is 13.1. The van der Waals surface area contributed by atoms with Crippen LogP contribution >= 0.6 is 0 Å². The maximum atomic E-state index is 13.1. The van der Waals surface area contributed by atoms with E-state index < -0.39 is 22.8 Å². The fourth-order valence-corrected chi connectivity index (χ4v) is 3.80. The van der Waals surface area contributed by atoms with E-state index in [0.717, 1.165) is 5.56 Å². The predicted molar refractivity (Wildman–Crippen MR) is 123 cm³/mol. The molecule has 1 aliphatic rings. The molecule has 0 fully saturated rings. The Morgan fingerprint density at radius 2 is 1.61 bits per heavy atom. The number of rotatable bonds is 7. The van der Waals surface area contributed by atoms with E-state index in [2.05, 4.69) is 5.32 Å². The van der Waals surface area contributed by atoms with E-state index in [1.807, 2.05) is 36.4 Å². The normalized spacial score (nSPS) is 15.9. The van der Waals surface area contributed by atoms with Crippen LogP contribution in [0.25, 0.3) is 6.08 Å². The summed E-state index contributed by atoms with van der Waals surface area (Å²) in [6.45, 7) is 3.31. The molecule has 8 nitrogen and oxygen atoms in total. The maximum Gasteiger partial charge on any atom is 0.337 e. The Morgan fingerprint density at radius 3 is 2.24 bits per heavy atom. The van der Waals surface area contributed by atoms with Crippen molar-refractivity contribution in [2.45, 2.75) is 19.8 Å². The Labute approximate surface area is 191 Å². The first-order valence-electron chi connectivity index (χ1n) is 10.2. The monoisotopic (exact) mass is 448 g/mol. The summed E-state index contributed by atoms with van der Waals surface area (Å²) in [6.07, 6.45) is 3.51. The van der Waals surface area contributed by atoms with Crippen LogP contribution < -0.4 is 5.32 Å². The van der Waals surface area contributed by atoms with Crippen LogP contribution in [0.1, 0.15) is 30.9 Å². The number of allylic oxidation sites excluding steroid dienone is 2. The Balaban J connectivity index is 1.98. The van der Waals surface area contributed by atoms with Crippen LogP contribution in [0.2, 0.25) is 0 Å². The summed E-state index contributed by atoms with van der Waals surface area (Å²) in [7, 11) is 1.22. The van der Waals surface area contributed by atoms with E-state index in [0.29, 0.717) is 11.4 Å². The molecule has 0 aliphatic carbocycles. The number of carbonyl (C=O) groups is 2. The SMILES string of the molecule is COC(=O)C1=C(C)NC(C)=C(C(=O)OC/C=C/c2ccccc2)C1c1ccccc1[N+](=O)[O-]. The van der Waals surface area contributed by atoms with Crippen molar-refractivity contribution in [1.29, 1.82) is 0 Å². The number of dihydropyridines is 1. The quantitative estimate of drug-likeness (QED) is 0.383. The van der Waals surface area contributed by atoms with Gasteiger partial charge in [-0.15, -0.1) is 0 Å². The van der Waals surface area contributed by atoms with E-state index in [4.69, 9.17) is 9.47 Å². The molecule has 2 aromatic rings. The number of nitrogens with zero attached hydrogens (tertiary/aromatic N) is 1. The molecule has 0 radical (unpaired) electrons. The van der Waals surface area contributed by atoms with E-state index >= 15 is 0 Å². The van der Waals surface area contributed by atoms with Gasteiger partial charge in [0.25, 0.3) is 5.69 Å². The lowest BCUT2D eigenvalue weighted by Gasteiger charge is -2.30. The van der Waals surface area contributed by atoms with Gasteiger partial charge in [0.2, 0.25) is 0 Å². The highest BCUT2D eigenvalue weighted by Gasteiger charge is 2.40. The third-order valence-corrected chi connectivity index (χ3v) is 5.25. The van der Waals surface area contributed by atoms with Gasteiger partial charge in [0.05, 0.1) is 29.1 Å². The van der Waals surface area contributed by atoms with Crippen LogP contribution in [-0.2, 0) is 19.1 Å². The van der Waals surface area contributed by atoms with Crippen LogP contribution in [-0.4, -0.2) is 30.6 Å². The summed E-state index contributed by atoms with van der Waals surface area (Å²) in [6, 6.07) is 15.5. The minimum atomic E-state index is -1.02. The fraction of sp³-hybridized carbons (Fsp3) is 0.200. The van der Waals surface area contributed by atoms with E-state index in [-0.39, 0.29) is 29.0 Å². The summed E-state index contributed by atoms with van der Waals surface area (Å²) < 4.78 is 10.4. The number of hydrogen-bond donors (Lipinski definition) is 1. The zero-order chi connectivity index (χ0) is 24.0. The van der Waals surface area contributed by atoms with Gasteiger partial charge in [0.1, 0.15) is 6.61 Å². The number of nitro benzene ring substituents is 1. The average molecular weight is 448 g/mol. The minimum Gasteiger partial charge on any atom is -0.466 e. The molecule has 0 spiro atoms.